The number of hydrogen-bond acceptors (Lipinski definition) is 5. The molecule has 0 bridgehead atoms. The quantitative estimate of drug-likeness (QED) is 0.628. The summed E-state index contributed by atoms with van der Waals surface area (Å²) in [4.78, 5) is 12.7. The number of carbonyl (C=O) groups is 1. The summed E-state index contributed by atoms with van der Waals surface area (Å²) in [5, 5.41) is 30.1. The van der Waals surface area contributed by atoms with Gasteiger partial charge in [0.25, 0.3) is 0 Å². The molecule has 17 heavy (non-hydrogen) atoms. The lowest BCUT2D eigenvalue weighted by Gasteiger charge is -2.48. The van der Waals surface area contributed by atoms with Gasteiger partial charge in [-0.1, -0.05) is 0 Å². The normalized spacial score (nSPS) is 27.6. The molecular formula is C11H21NO5. The van der Waals surface area contributed by atoms with E-state index in [1.807, 2.05) is 0 Å². The fourth-order valence-corrected chi connectivity index (χ4v) is 2.24. The van der Waals surface area contributed by atoms with E-state index in [0.717, 1.165) is 4.90 Å². The first-order chi connectivity index (χ1) is 7.89. The van der Waals surface area contributed by atoms with E-state index < -0.39 is 17.6 Å². The molecule has 0 aromatic heterocycles. The van der Waals surface area contributed by atoms with Crippen LogP contribution < -0.4 is 0 Å². The first-order valence-electron chi connectivity index (χ1n) is 6.00. The zero-order valence-electron chi connectivity index (χ0n) is 10.3. The molecule has 0 aromatic carbocycles. The molecule has 1 aliphatic carbocycles. The number of amides is 1. The van der Waals surface area contributed by atoms with Crippen LogP contribution in [0.15, 0.2) is 0 Å². The predicted octanol–water partition coefficient (Wildman–Crippen LogP) is 0.408. The third kappa shape index (κ3) is 2.53. The highest BCUT2D eigenvalue weighted by Gasteiger charge is 2.55. The van der Waals surface area contributed by atoms with Crippen LogP contribution in [0.5, 0.6) is 0 Å². The molecule has 0 aromatic rings. The minimum absolute atomic E-state index is 0.0411. The fraction of sp³-hybridized carbons (Fsp3) is 0.909. The second-order valence-corrected chi connectivity index (χ2v) is 4.28. The third-order valence-corrected chi connectivity index (χ3v) is 3.19. The molecule has 1 atom stereocenters. The molecule has 3 N–H and O–H groups in total. The van der Waals surface area contributed by atoms with Crippen LogP contribution in [0.3, 0.4) is 0 Å². The summed E-state index contributed by atoms with van der Waals surface area (Å²) in [5.41, 5.74) is -1.97. The minimum Gasteiger partial charge on any atom is -0.450 e. The van der Waals surface area contributed by atoms with Crippen molar-refractivity contribution in [2.75, 3.05) is 13.2 Å². The van der Waals surface area contributed by atoms with Gasteiger partial charge in [-0.3, -0.25) is 4.90 Å². The molecule has 0 heterocycles. The van der Waals surface area contributed by atoms with Crippen molar-refractivity contribution in [2.45, 2.75) is 51.0 Å². The summed E-state index contributed by atoms with van der Waals surface area (Å²) in [7, 11) is 0. The van der Waals surface area contributed by atoms with Crippen molar-refractivity contribution in [3.05, 3.63) is 0 Å². The van der Waals surface area contributed by atoms with Crippen LogP contribution in [0.4, 0.5) is 4.79 Å². The molecule has 1 aliphatic rings. The molecule has 1 saturated carbocycles. The summed E-state index contributed by atoms with van der Waals surface area (Å²) in [6.45, 7) is 3.63. The van der Waals surface area contributed by atoms with Crippen LogP contribution >= 0.6 is 0 Å². The Bertz CT molecular complexity index is 281. The molecule has 0 saturated heterocycles. The SMILES string of the molecule is CCOC(=O)N(CC)C1(O)CCCCC1(O)O. The van der Waals surface area contributed by atoms with Crippen LogP contribution in [-0.2, 0) is 4.74 Å². The molecule has 100 valence electrons. The Morgan fingerprint density at radius 1 is 1.24 bits per heavy atom. The van der Waals surface area contributed by atoms with Gasteiger partial charge >= 0.3 is 6.09 Å². The van der Waals surface area contributed by atoms with Crippen molar-refractivity contribution in [1.82, 2.24) is 4.90 Å². The predicted molar refractivity (Wildman–Crippen MR) is 60.0 cm³/mol. The van der Waals surface area contributed by atoms with Gasteiger partial charge in [0.15, 0.2) is 5.72 Å². The minimum atomic E-state index is -2.28. The second kappa shape index (κ2) is 5.20. The van der Waals surface area contributed by atoms with Crippen LogP contribution in [0.2, 0.25) is 0 Å². The molecular weight excluding hydrogens is 226 g/mol. The Morgan fingerprint density at radius 3 is 2.29 bits per heavy atom. The Kier molecular flexibility index (Phi) is 4.35. The summed E-state index contributed by atoms with van der Waals surface area (Å²) in [5.74, 6) is -2.28. The second-order valence-electron chi connectivity index (χ2n) is 4.28. The summed E-state index contributed by atoms with van der Waals surface area (Å²) in [6, 6.07) is 0. The number of likely N-dealkylation sites (N-methyl/N-ethyl adjacent to an activating group) is 1. The molecule has 6 heteroatoms. The average molecular weight is 247 g/mol. The van der Waals surface area contributed by atoms with Crippen molar-refractivity contribution in [1.29, 1.82) is 0 Å². The standard InChI is InChI=1S/C11H21NO5/c1-3-12(9(13)17-4-2)10(14)7-5-6-8-11(10,15)16/h14-16H,3-8H2,1-2H3. The van der Waals surface area contributed by atoms with Crippen molar-refractivity contribution in [3.8, 4) is 0 Å². The Morgan fingerprint density at radius 2 is 1.82 bits per heavy atom. The molecule has 0 spiro atoms. The van der Waals surface area contributed by atoms with Gasteiger partial charge in [0.2, 0.25) is 5.79 Å². The number of nitrogens with zero attached hydrogens (tertiary/aromatic N) is 1. The van der Waals surface area contributed by atoms with Gasteiger partial charge in [-0.15, -0.1) is 0 Å². The smallest absolute Gasteiger partial charge is 0.412 e. The zero-order valence-corrected chi connectivity index (χ0v) is 10.3. The van der Waals surface area contributed by atoms with Crippen LogP contribution in [0.25, 0.3) is 0 Å². The van der Waals surface area contributed by atoms with Gasteiger partial charge in [0.05, 0.1) is 6.61 Å². The Hall–Kier alpha value is -0.850. The van der Waals surface area contributed by atoms with E-state index in [1.165, 1.54) is 0 Å². The van der Waals surface area contributed by atoms with Crippen LogP contribution in [0.1, 0.15) is 39.5 Å². The summed E-state index contributed by atoms with van der Waals surface area (Å²) < 4.78 is 4.81. The molecule has 0 aliphatic heterocycles. The average Bonchev–Trinajstić information content (AvgIpc) is 2.24. The Labute approximate surface area is 101 Å². The van der Waals surface area contributed by atoms with Crippen molar-refractivity contribution in [2.24, 2.45) is 0 Å². The van der Waals surface area contributed by atoms with E-state index in [-0.39, 0.29) is 26.0 Å². The first kappa shape index (κ1) is 14.2. The van der Waals surface area contributed by atoms with E-state index >= 15 is 0 Å². The van der Waals surface area contributed by atoms with Gasteiger partial charge < -0.3 is 20.1 Å². The molecule has 1 fully saturated rings. The van der Waals surface area contributed by atoms with E-state index in [4.69, 9.17) is 4.74 Å². The topological polar surface area (TPSA) is 90.2 Å². The monoisotopic (exact) mass is 247 g/mol. The molecule has 1 unspecified atom stereocenters. The van der Waals surface area contributed by atoms with Gasteiger partial charge in [-0.25, -0.2) is 4.79 Å². The fourth-order valence-electron chi connectivity index (χ4n) is 2.24. The lowest BCUT2D eigenvalue weighted by molar-refractivity contribution is -0.332. The number of hydrogen-bond donors (Lipinski definition) is 3. The van der Waals surface area contributed by atoms with Gasteiger partial charge in [0, 0.05) is 19.4 Å². The maximum Gasteiger partial charge on any atom is 0.412 e. The Balaban J connectivity index is 2.94. The number of ether oxygens (including phenoxy) is 1. The number of aliphatic hydroxyl groups is 3. The zero-order chi connectivity index (χ0) is 13.1. The van der Waals surface area contributed by atoms with Gasteiger partial charge in [-0.05, 0) is 26.7 Å². The third-order valence-electron chi connectivity index (χ3n) is 3.19. The summed E-state index contributed by atoms with van der Waals surface area (Å²) in [6.07, 6.45) is 0.684. The highest BCUT2D eigenvalue weighted by atomic mass is 16.6. The molecule has 1 amide bonds. The lowest BCUT2D eigenvalue weighted by atomic mass is 9.84. The van der Waals surface area contributed by atoms with E-state index in [2.05, 4.69) is 0 Å². The van der Waals surface area contributed by atoms with Crippen molar-refractivity contribution >= 4 is 6.09 Å². The lowest BCUT2D eigenvalue weighted by Crippen LogP contribution is -2.67. The maximum atomic E-state index is 11.7. The van der Waals surface area contributed by atoms with E-state index in [1.54, 1.807) is 13.8 Å². The first-order valence-corrected chi connectivity index (χ1v) is 6.00. The van der Waals surface area contributed by atoms with Crippen LogP contribution in [0, 0.1) is 0 Å². The van der Waals surface area contributed by atoms with Crippen LogP contribution in [-0.4, -0.2) is 51.0 Å². The van der Waals surface area contributed by atoms with Crippen molar-refractivity contribution < 1.29 is 24.9 Å². The van der Waals surface area contributed by atoms with Gasteiger partial charge in [-0.2, -0.15) is 0 Å². The molecule has 0 radical (unpaired) electrons. The van der Waals surface area contributed by atoms with Crippen molar-refractivity contribution in [3.63, 3.8) is 0 Å². The molecule has 6 nitrogen and oxygen atoms in total. The number of carbonyl (C=O) groups excluding carboxylic acids is 1. The highest BCUT2D eigenvalue weighted by Crippen LogP contribution is 2.38. The van der Waals surface area contributed by atoms with E-state index in [9.17, 15) is 20.1 Å². The van der Waals surface area contributed by atoms with E-state index in [0.29, 0.717) is 12.8 Å². The van der Waals surface area contributed by atoms with Gasteiger partial charge in [0.1, 0.15) is 0 Å². The number of rotatable bonds is 3. The maximum absolute atomic E-state index is 11.7. The largest absolute Gasteiger partial charge is 0.450 e. The highest BCUT2D eigenvalue weighted by molar-refractivity contribution is 5.68. The molecule has 1 rings (SSSR count). The summed E-state index contributed by atoms with van der Waals surface area (Å²) >= 11 is 0.